The Morgan fingerprint density at radius 2 is 1.86 bits per heavy atom. The zero-order valence-corrected chi connectivity index (χ0v) is 18.7. The molecule has 7 heteroatoms. The van der Waals surface area contributed by atoms with Crippen LogP contribution in [-0.4, -0.2) is 30.9 Å². The lowest BCUT2D eigenvalue weighted by Crippen LogP contribution is -2.36. The first-order valence-corrected chi connectivity index (χ1v) is 12.0. The van der Waals surface area contributed by atoms with E-state index in [0.29, 0.717) is 23.9 Å². The van der Waals surface area contributed by atoms with Crippen molar-refractivity contribution in [3.63, 3.8) is 0 Å². The molecule has 1 aliphatic heterocycles. The van der Waals surface area contributed by atoms with Crippen molar-refractivity contribution in [1.29, 1.82) is 0 Å². The van der Waals surface area contributed by atoms with E-state index in [2.05, 4.69) is 24.3 Å². The predicted octanol–water partition coefficient (Wildman–Crippen LogP) is 6.14. The summed E-state index contributed by atoms with van der Waals surface area (Å²) in [5.41, 5.74) is 0. The molecule has 0 saturated carbocycles. The number of nitrogens with one attached hydrogen (secondary N) is 1. The van der Waals surface area contributed by atoms with Gasteiger partial charge in [-0.05, 0) is 48.9 Å². The van der Waals surface area contributed by atoms with Gasteiger partial charge in [-0.15, -0.1) is 11.8 Å². The minimum absolute atomic E-state index is 0.299. The van der Waals surface area contributed by atoms with E-state index in [9.17, 15) is 4.79 Å². The third-order valence-electron chi connectivity index (χ3n) is 4.75. The van der Waals surface area contributed by atoms with Crippen LogP contribution in [0.4, 0.5) is 4.79 Å². The number of ether oxygens (including phenoxy) is 2. The molecular formula is C22H34N2O4S. The van der Waals surface area contributed by atoms with Gasteiger partial charge < -0.3 is 14.8 Å². The fourth-order valence-corrected chi connectivity index (χ4v) is 3.48. The van der Waals surface area contributed by atoms with Gasteiger partial charge >= 0.3 is 6.09 Å². The summed E-state index contributed by atoms with van der Waals surface area (Å²) in [6.07, 6.45) is 10.7. The summed E-state index contributed by atoms with van der Waals surface area (Å²) in [5, 5.41) is 6.71. The van der Waals surface area contributed by atoms with Crippen molar-refractivity contribution < 1.29 is 19.1 Å². The number of nitrogens with zero attached hydrogens (tertiary/aromatic N) is 1. The second-order valence-corrected chi connectivity index (χ2v) is 8.05. The van der Waals surface area contributed by atoms with Crippen LogP contribution in [0.15, 0.2) is 28.3 Å². The molecule has 0 spiro atoms. The molecule has 1 aliphatic rings. The number of carbonyl (C=O) groups excluding carboxylic acids is 1. The monoisotopic (exact) mass is 422 g/mol. The molecule has 1 heterocycles. The second-order valence-electron chi connectivity index (χ2n) is 7.17. The van der Waals surface area contributed by atoms with E-state index in [-0.39, 0.29) is 6.10 Å². The number of unbranched alkanes of at least 4 members (excludes halogenated alkanes) is 6. The first kappa shape index (κ1) is 23.4. The lowest BCUT2D eigenvalue weighted by Gasteiger charge is -2.27. The standard InChI is InChI=1S/C22H34N2O4S/c1-4-6-8-10-12-19-21(24-28-22(25)23-15-11-9-7-5-2)27-20-16-17(29-3)13-14-18(20)26-19/h13-14,16,19H,4-12,15H2,1-3H3,(H,23,25). The molecule has 1 unspecified atom stereocenters. The summed E-state index contributed by atoms with van der Waals surface area (Å²) in [6.45, 7) is 4.92. The molecule has 2 rings (SSSR count). The molecule has 0 aromatic heterocycles. The highest BCUT2D eigenvalue weighted by molar-refractivity contribution is 7.98. The van der Waals surface area contributed by atoms with Gasteiger partial charge in [0.1, 0.15) is 0 Å². The van der Waals surface area contributed by atoms with E-state index in [1.165, 1.54) is 19.3 Å². The molecule has 1 N–H and O–H groups in total. The van der Waals surface area contributed by atoms with Gasteiger partial charge in [-0.2, -0.15) is 0 Å². The number of oxime groups is 1. The summed E-state index contributed by atoms with van der Waals surface area (Å²) >= 11 is 1.63. The van der Waals surface area contributed by atoms with Crippen molar-refractivity contribution in [3.8, 4) is 11.5 Å². The Bertz CT molecular complexity index is 666. The van der Waals surface area contributed by atoms with Crippen LogP contribution in [0, 0.1) is 0 Å². The molecule has 29 heavy (non-hydrogen) atoms. The molecule has 1 aromatic rings. The third-order valence-corrected chi connectivity index (χ3v) is 5.47. The van der Waals surface area contributed by atoms with Crippen LogP contribution in [0.25, 0.3) is 0 Å². The second kappa shape index (κ2) is 13.4. The van der Waals surface area contributed by atoms with Crippen molar-refractivity contribution in [2.24, 2.45) is 5.16 Å². The lowest BCUT2D eigenvalue weighted by atomic mass is 10.1. The van der Waals surface area contributed by atoms with Crippen molar-refractivity contribution in [2.45, 2.75) is 82.6 Å². The zero-order chi connectivity index (χ0) is 20.9. The van der Waals surface area contributed by atoms with E-state index < -0.39 is 6.09 Å². The fraction of sp³-hybridized carbons (Fsp3) is 0.636. The SMILES string of the molecule is CCCCCCNC(=O)ON=C1Oc2cc(SC)ccc2OC1CCCCCC. The molecule has 162 valence electrons. The number of benzene rings is 1. The Hall–Kier alpha value is -1.89. The highest BCUT2D eigenvalue weighted by atomic mass is 32.2. The highest BCUT2D eigenvalue weighted by Gasteiger charge is 2.29. The Kier molecular flexibility index (Phi) is 10.8. The van der Waals surface area contributed by atoms with Gasteiger partial charge in [-0.25, -0.2) is 4.79 Å². The zero-order valence-electron chi connectivity index (χ0n) is 17.9. The average molecular weight is 423 g/mol. The Labute approximate surface area is 178 Å². The maximum absolute atomic E-state index is 11.9. The molecule has 1 amide bonds. The highest BCUT2D eigenvalue weighted by Crippen LogP contribution is 2.36. The number of hydrogen-bond donors (Lipinski definition) is 1. The van der Waals surface area contributed by atoms with Gasteiger partial charge in [0.15, 0.2) is 17.6 Å². The van der Waals surface area contributed by atoms with Crippen LogP contribution in [0.3, 0.4) is 0 Å². The summed E-state index contributed by atoms with van der Waals surface area (Å²) in [7, 11) is 0. The molecule has 1 aromatic carbocycles. The number of hydrogen-bond acceptors (Lipinski definition) is 6. The topological polar surface area (TPSA) is 69.2 Å². The van der Waals surface area contributed by atoms with Crippen LogP contribution >= 0.6 is 11.8 Å². The van der Waals surface area contributed by atoms with Crippen LogP contribution in [0.5, 0.6) is 11.5 Å². The molecule has 0 radical (unpaired) electrons. The summed E-state index contributed by atoms with van der Waals surface area (Å²) in [5.74, 6) is 1.60. The van der Waals surface area contributed by atoms with Gasteiger partial charge in [-0.3, -0.25) is 4.84 Å². The van der Waals surface area contributed by atoms with Gasteiger partial charge in [-0.1, -0.05) is 52.4 Å². The van der Waals surface area contributed by atoms with Crippen molar-refractivity contribution in [3.05, 3.63) is 18.2 Å². The van der Waals surface area contributed by atoms with E-state index in [4.69, 9.17) is 14.3 Å². The fourth-order valence-electron chi connectivity index (χ4n) is 3.05. The largest absolute Gasteiger partial charge is 0.477 e. The van der Waals surface area contributed by atoms with Crippen molar-refractivity contribution in [2.75, 3.05) is 12.8 Å². The Morgan fingerprint density at radius 1 is 1.10 bits per heavy atom. The molecule has 0 aliphatic carbocycles. The maximum Gasteiger partial charge on any atom is 0.433 e. The summed E-state index contributed by atoms with van der Waals surface area (Å²) < 4.78 is 12.1. The van der Waals surface area contributed by atoms with E-state index in [0.717, 1.165) is 43.4 Å². The van der Waals surface area contributed by atoms with Gasteiger partial charge in [0.05, 0.1) is 0 Å². The van der Waals surface area contributed by atoms with Crippen LogP contribution < -0.4 is 14.8 Å². The molecule has 0 bridgehead atoms. The first-order chi connectivity index (χ1) is 14.2. The minimum atomic E-state index is -0.564. The summed E-state index contributed by atoms with van der Waals surface area (Å²) in [4.78, 5) is 18.0. The van der Waals surface area contributed by atoms with Crippen molar-refractivity contribution >= 4 is 23.8 Å². The Balaban J connectivity index is 1.97. The first-order valence-electron chi connectivity index (χ1n) is 10.7. The van der Waals surface area contributed by atoms with Crippen LogP contribution in [0.1, 0.15) is 71.6 Å². The normalized spacial score (nSPS) is 16.7. The molecule has 0 saturated heterocycles. The Morgan fingerprint density at radius 3 is 2.59 bits per heavy atom. The lowest BCUT2D eigenvalue weighted by molar-refractivity contribution is 0.137. The van der Waals surface area contributed by atoms with Gasteiger partial charge in [0.25, 0.3) is 5.90 Å². The molecule has 6 nitrogen and oxygen atoms in total. The van der Waals surface area contributed by atoms with Crippen LogP contribution in [0.2, 0.25) is 0 Å². The van der Waals surface area contributed by atoms with E-state index in [1.54, 1.807) is 11.8 Å². The van der Waals surface area contributed by atoms with E-state index in [1.807, 2.05) is 24.5 Å². The van der Waals surface area contributed by atoms with Gasteiger partial charge in [0, 0.05) is 11.4 Å². The number of carbonyl (C=O) groups is 1. The third kappa shape index (κ3) is 8.17. The average Bonchev–Trinajstić information content (AvgIpc) is 2.74. The maximum atomic E-state index is 11.9. The number of rotatable bonds is 12. The number of fused-ring (bicyclic) bond motifs is 1. The summed E-state index contributed by atoms with van der Waals surface area (Å²) in [6, 6.07) is 5.84. The minimum Gasteiger partial charge on any atom is -0.477 e. The molecule has 1 atom stereocenters. The molecule has 0 fully saturated rings. The van der Waals surface area contributed by atoms with Crippen LogP contribution in [-0.2, 0) is 4.84 Å². The van der Waals surface area contributed by atoms with E-state index >= 15 is 0 Å². The van der Waals surface area contributed by atoms with Gasteiger partial charge in [0.2, 0.25) is 0 Å². The molecular weight excluding hydrogens is 388 g/mol. The van der Waals surface area contributed by atoms with Crippen molar-refractivity contribution in [1.82, 2.24) is 5.32 Å². The predicted molar refractivity (Wildman–Crippen MR) is 118 cm³/mol. The quantitative estimate of drug-likeness (QED) is 0.190. The number of amides is 1. The number of thioether (sulfide) groups is 1. The smallest absolute Gasteiger partial charge is 0.433 e.